The third-order valence-electron chi connectivity index (χ3n) is 3.89. The van der Waals surface area contributed by atoms with E-state index in [-0.39, 0.29) is 0 Å². The van der Waals surface area contributed by atoms with E-state index in [0.29, 0.717) is 12.2 Å². The summed E-state index contributed by atoms with van der Waals surface area (Å²) in [7, 11) is 0. The predicted octanol–water partition coefficient (Wildman–Crippen LogP) is 3.36. The number of epoxide rings is 2. The van der Waals surface area contributed by atoms with E-state index in [2.05, 4.69) is 12.1 Å². The number of ether oxygens (including phenoxy) is 3. The average Bonchev–Trinajstić information content (AvgIpc) is 3.39. The van der Waals surface area contributed by atoms with Crippen LogP contribution in [0.2, 0.25) is 0 Å². The molecule has 2 atom stereocenters. The first-order chi connectivity index (χ1) is 10.4. The molecule has 3 nitrogen and oxygen atoms in total. The molecule has 0 radical (unpaired) electrons. The Morgan fingerprint density at radius 3 is 2.29 bits per heavy atom. The smallest absolute Gasteiger partial charge is 0.130 e. The normalized spacial score (nSPS) is 22.9. The molecule has 0 saturated carbocycles. The van der Waals surface area contributed by atoms with Crippen LogP contribution >= 0.6 is 0 Å². The number of benzene rings is 2. The van der Waals surface area contributed by atoms with Gasteiger partial charge >= 0.3 is 0 Å². The third-order valence-corrected chi connectivity index (χ3v) is 3.89. The molecule has 0 N–H and O–H groups in total. The van der Waals surface area contributed by atoms with E-state index < -0.39 is 0 Å². The van der Waals surface area contributed by atoms with Crippen molar-refractivity contribution in [3.05, 3.63) is 59.7 Å². The molecule has 2 aliphatic rings. The van der Waals surface area contributed by atoms with Gasteiger partial charge < -0.3 is 14.2 Å². The molecule has 2 heterocycles. The molecule has 0 aromatic heterocycles. The van der Waals surface area contributed by atoms with Gasteiger partial charge in [0.1, 0.15) is 11.5 Å². The molecule has 0 bridgehead atoms. The highest BCUT2D eigenvalue weighted by Crippen LogP contribution is 2.33. The summed E-state index contributed by atoms with van der Waals surface area (Å²) in [5, 5.41) is 0. The van der Waals surface area contributed by atoms with Crippen molar-refractivity contribution in [2.75, 3.05) is 13.2 Å². The molecule has 108 valence electrons. The lowest BCUT2D eigenvalue weighted by Crippen LogP contribution is -2.04. The van der Waals surface area contributed by atoms with Gasteiger partial charge in [-0.2, -0.15) is 0 Å². The number of hydrogen-bond acceptors (Lipinski definition) is 3. The molecule has 0 amide bonds. The molecule has 2 fully saturated rings. The fourth-order valence-electron chi connectivity index (χ4n) is 2.59. The van der Waals surface area contributed by atoms with E-state index >= 15 is 0 Å². The van der Waals surface area contributed by atoms with Crippen LogP contribution in [-0.2, 0) is 22.3 Å². The van der Waals surface area contributed by atoms with Gasteiger partial charge in [-0.25, -0.2) is 0 Å². The van der Waals surface area contributed by atoms with E-state index in [9.17, 15) is 0 Å². The summed E-state index contributed by atoms with van der Waals surface area (Å²) in [4.78, 5) is 0. The summed E-state index contributed by atoms with van der Waals surface area (Å²) < 4.78 is 16.9. The van der Waals surface area contributed by atoms with Crippen LogP contribution in [-0.4, -0.2) is 25.4 Å². The first-order valence-corrected chi connectivity index (χ1v) is 7.45. The van der Waals surface area contributed by atoms with Gasteiger partial charge in [0.25, 0.3) is 0 Å². The number of hydrogen-bond donors (Lipinski definition) is 0. The van der Waals surface area contributed by atoms with Crippen LogP contribution in [0.5, 0.6) is 11.5 Å². The van der Waals surface area contributed by atoms with Crippen LogP contribution in [0, 0.1) is 0 Å². The zero-order valence-corrected chi connectivity index (χ0v) is 11.8. The molecule has 3 heteroatoms. The molecular weight excluding hydrogens is 264 g/mol. The summed E-state index contributed by atoms with van der Waals surface area (Å²) in [5.74, 6) is 1.81. The molecule has 2 saturated heterocycles. The monoisotopic (exact) mass is 282 g/mol. The Balaban J connectivity index is 1.63. The second-order valence-electron chi connectivity index (χ2n) is 5.63. The first kappa shape index (κ1) is 12.9. The van der Waals surface area contributed by atoms with Gasteiger partial charge in [0.2, 0.25) is 0 Å². The highest BCUT2D eigenvalue weighted by Gasteiger charge is 2.29. The maximum atomic E-state index is 6.08. The highest BCUT2D eigenvalue weighted by molar-refractivity contribution is 5.44. The van der Waals surface area contributed by atoms with Gasteiger partial charge in [0.05, 0.1) is 25.4 Å². The molecule has 0 aliphatic carbocycles. The lowest BCUT2D eigenvalue weighted by molar-refractivity contribution is 0.397. The topological polar surface area (TPSA) is 34.3 Å². The van der Waals surface area contributed by atoms with Gasteiger partial charge in [-0.3, -0.25) is 0 Å². The van der Waals surface area contributed by atoms with Gasteiger partial charge in [-0.15, -0.1) is 0 Å². The standard InChI is InChI=1S/C18H18O3/c1-2-6-14(7-3-1)21-18-8-4-5-13(9-15-11-19-15)17(18)10-16-12-20-16/h1-8,15-16H,9-12H2. The Morgan fingerprint density at radius 1 is 0.857 bits per heavy atom. The molecule has 4 rings (SSSR count). The maximum Gasteiger partial charge on any atom is 0.130 e. The summed E-state index contributed by atoms with van der Waals surface area (Å²) in [6, 6.07) is 16.2. The van der Waals surface area contributed by atoms with Crippen molar-refractivity contribution in [1.29, 1.82) is 0 Å². The van der Waals surface area contributed by atoms with E-state index in [0.717, 1.165) is 37.6 Å². The lowest BCUT2D eigenvalue weighted by atomic mass is 9.98. The van der Waals surface area contributed by atoms with Gasteiger partial charge in [-0.05, 0) is 23.8 Å². The molecule has 2 aliphatic heterocycles. The second kappa shape index (κ2) is 5.51. The van der Waals surface area contributed by atoms with Gasteiger partial charge in [0.15, 0.2) is 0 Å². The average molecular weight is 282 g/mol. The Kier molecular flexibility index (Phi) is 3.37. The van der Waals surface area contributed by atoms with Crippen LogP contribution in [0.25, 0.3) is 0 Å². The Bertz CT molecular complexity index is 616. The summed E-state index contributed by atoms with van der Waals surface area (Å²) in [5.41, 5.74) is 2.58. The SMILES string of the molecule is c1ccc(Oc2cccc(CC3CO3)c2CC2CO2)cc1. The van der Waals surface area contributed by atoms with Crippen molar-refractivity contribution >= 4 is 0 Å². The van der Waals surface area contributed by atoms with Crippen molar-refractivity contribution < 1.29 is 14.2 Å². The highest BCUT2D eigenvalue weighted by atomic mass is 16.6. The minimum atomic E-state index is 0.351. The minimum absolute atomic E-state index is 0.351. The molecule has 0 spiro atoms. The van der Waals surface area contributed by atoms with Crippen LogP contribution < -0.4 is 4.74 Å². The van der Waals surface area contributed by atoms with E-state index in [1.807, 2.05) is 36.4 Å². The van der Waals surface area contributed by atoms with E-state index in [1.165, 1.54) is 11.1 Å². The zero-order chi connectivity index (χ0) is 14.1. The Labute approximate surface area is 124 Å². The summed E-state index contributed by atoms with van der Waals surface area (Å²) >= 11 is 0. The van der Waals surface area contributed by atoms with Crippen LogP contribution in [0.3, 0.4) is 0 Å². The predicted molar refractivity (Wildman–Crippen MR) is 79.8 cm³/mol. The Hall–Kier alpha value is -1.84. The fourth-order valence-corrected chi connectivity index (χ4v) is 2.59. The van der Waals surface area contributed by atoms with Crippen molar-refractivity contribution in [2.24, 2.45) is 0 Å². The van der Waals surface area contributed by atoms with E-state index in [4.69, 9.17) is 14.2 Å². The van der Waals surface area contributed by atoms with Crippen molar-refractivity contribution in [1.82, 2.24) is 0 Å². The number of para-hydroxylation sites is 1. The summed E-state index contributed by atoms with van der Waals surface area (Å²) in [6.07, 6.45) is 2.62. The van der Waals surface area contributed by atoms with Crippen molar-refractivity contribution in [2.45, 2.75) is 25.0 Å². The van der Waals surface area contributed by atoms with Crippen LogP contribution in [0.1, 0.15) is 11.1 Å². The molecule has 21 heavy (non-hydrogen) atoms. The second-order valence-corrected chi connectivity index (χ2v) is 5.63. The third kappa shape index (κ3) is 3.26. The fraction of sp³-hybridized carbons (Fsp3) is 0.333. The largest absolute Gasteiger partial charge is 0.457 e. The summed E-state index contributed by atoms with van der Waals surface area (Å²) in [6.45, 7) is 1.74. The molecule has 2 aromatic carbocycles. The maximum absolute atomic E-state index is 6.08. The molecule has 2 unspecified atom stereocenters. The van der Waals surface area contributed by atoms with Crippen LogP contribution in [0.4, 0.5) is 0 Å². The minimum Gasteiger partial charge on any atom is -0.457 e. The lowest BCUT2D eigenvalue weighted by Gasteiger charge is -2.14. The Morgan fingerprint density at radius 2 is 1.57 bits per heavy atom. The number of rotatable bonds is 6. The van der Waals surface area contributed by atoms with Crippen LogP contribution in [0.15, 0.2) is 48.5 Å². The van der Waals surface area contributed by atoms with Crippen molar-refractivity contribution in [3.63, 3.8) is 0 Å². The van der Waals surface area contributed by atoms with Gasteiger partial charge in [0, 0.05) is 18.4 Å². The zero-order valence-electron chi connectivity index (χ0n) is 11.8. The van der Waals surface area contributed by atoms with E-state index in [1.54, 1.807) is 0 Å². The molecular formula is C18H18O3. The van der Waals surface area contributed by atoms with Gasteiger partial charge in [-0.1, -0.05) is 30.3 Å². The van der Waals surface area contributed by atoms with Crippen molar-refractivity contribution in [3.8, 4) is 11.5 Å². The molecule has 2 aromatic rings. The quantitative estimate of drug-likeness (QED) is 0.762. The first-order valence-electron chi connectivity index (χ1n) is 7.45.